The van der Waals surface area contributed by atoms with Gasteiger partial charge in [-0.15, -0.1) is 10.2 Å². The van der Waals surface area contributed by atoms with Crippen LogP contribution in [0.5, 0.6) is 0 Å². The number of nitriles is 1. The number of hydrogen-bond donors (Lipinski definition) is 2. The molecular formula is C23H22N8O2. The Labute approximate surface area is 189 Å². The van der Waals surface area contributed by atoms with Crippen LogP contribution in [0.4, 0.5) is 5.82 Å². The number of nitrogens with zero attached hydrogens (tertiary/aromatic N) is 6. The molecular weight excluding hydrogens is 420 g/mol. The highest BCUT2D eigenvalue weighted by Crippen LogP contribution is 2.29. The van der Waals surface area contributed by atoms with Gasteiger partial charge in [0.05, 0.1) is 11.9 Å². The van der Waals surface area contributed by atoms with Gasteiger partial charge in [-0.3, -0.25) is 9.36 Å². The molecule has 10 nitrogen and oxygen atoms in total. The van der Waals surface area contributed by atoms with Crippen molar-refractivity contribution >= 4 is 5.82 Å². The third-order valence-electron chi connectivity index (χ3n) is 5.03. The Morgan fingerprint density at radius 3 is 2.55 bits per heavy atom. The molecule has 166 valence electrons. The Balaban J connectivity index is 1.75. The number of nitrogen functional groups attached to an aromatic ring is 1. The molecule has 0 saturated heterocycles. The summed E-state index contributed by atoms with van der Waals surface area (Å²) in [5, 5.41) is 21.0. The van der Waals surface area contributed by atoms with Crippen LogP contribution in [0.15, 0.2) is 51.8 Å². The first-order chi connectivity index (χ1) is 15.9. The van der Waals surface area contributed by atoms with E-state index in [1.54, 1.807) is 6.07 Å². The van der Waals surface area contributed by atoms with Crippen molar-refractivity contribution in [2.45, 2.75) is 26.4 Å². The molecule has 0 bridgehead atoms. The molecule has 3 heterocycles. The van der Waals surface area contributed by atoms with E-state index in [9.17, 15) is 10.1 Å². The van der Waals surface area contributed by atoms with Gasteiger partial charge >= 0.3 is 0 Å². The van der Waals surface area contributed by atoms with Gasteiger partial charge in [-0.2, -0.15) is 5.26 Å². The van der Waals surface area contributed by atoms with Crippen molar-refractivity contribution in [2.24, 2.45) is 0 Å². The van der Waals surface area contributed by atoms with Crippen LogP contribution in [-0.4, -0.2) is 31.8 Å². The molecule has 0 amide bonds. The van der Waals surface area contributed by atoms with E-state index in [-0.39, 0.29) is 34.7 Å². The SMILES string of the molecule is CNCc1ccc(-c2nnc(-c3nc(-c4ccc(=O)n(C(C)C)c4C#N)cnc3N)o2)cc1. The molecule has 33 heavy (non-hydrogen) atoms. The topological polar surface area (TPSA) is 149 Å². The van der Waals surface area contributed by atoms with Crippen LogP contribution >= 0.6 is 0 Å². The van der Waals surface area contributed by atoms with Gasteiger partial charge in [0.25, 0.3) is 11.4 Å². The molecule has 0 spiro atoms. The smallest absolute Gasteiger partial charge is 0.270 e. The second-order valence-corrected chi connectivity index (χ2v) is 7.64. The number of pyridine rings is 1. The second kappa shape index (κ2) is 9.02. The summed E-state index contributed by atoms with van der Waals surface area (Å²) >= 11 is 0. The first-order valence-electron chi connectivity index (χ1n) is 10.3. The molecule has 0 atom stereocenters. The summed E-state index contributed by atoms with van der Waals surface area (Å²) in [5.41, 5.74) is 8.87. The minimum atomic E-state index is -0.267. The van der Waals surface area contributed by atoms with Crippen LogP contribution in [-0.2, 0) is 6.54 Å². The lowest BCUT2D eigenvalue weighted by Crippen LogP contribution is -2.24. The number of benzene rings is 1. The summed E-state index contributed by atoms with van der Waals surface area (Å²) in [6.45, 7) is 4.41. The summed E-state index contributed by atoms with van der Waals surface area (Å²) in [7, 11) is 1.88. The predicted molar refractivity (Wildman–Crippen MR) is 123 cm³/mol. The normalized spacial score (nSPS) is 11.0. The van der Waals surface area contributed by atoms with E-state index in [0.717, 1.165) is 17.7 Å². The first-order valence-corrected chi connectivity index (χ1v) is 10.3. The third-order valence-corrected chi connectivity index (χ3v) is 5.03. The number of hydrogen-bond acceptors (Lipinski definition) is 9. The van der Waals surface area contributed by atoms with Gasteiger partial charge in [-0.25, -0.2) is 9.97 Å². The van der Waals surface area contributed by atoms with E-state index in [2.05, 4.69) is 31.6 Å². The van der Waals surface area contributed by atoms with Crippen LogP contribution in [0.3, 0.4) is 0 Å². The second-order valence-electron chi connectivity index (χ2n) is 7.64. The maximum atomic E-state index is 12.3. The lowest BCUT2D eigenvalue weighted by Gasteiger charge is -2.15. The Kier molecular flexibility index (Phi) is 5.97. The molecule has 3 N–H and O–H groups in total. The van der Waals surface area contributed by atoms with Gasteiger partial charge in [0, 0.05) is 29.8 Å². The zero-order valence-corrected chi connectivity index (χ0v) is 18.4. The maximum absolute atomic E-state index is 12.3. The highest BCUT2D eigenvalue weighted by molar-refractivity contribution is 5.71. The Bertz CT molecular complexity index is 1400. The van der Waals surface area contributed by atoms with Crippen molar-refractivity contribution in [3.05, 3.63) is 64.2 Å². The first kappa shape index (κ1) is 21.9. The molecule has 0 radical (unpaired) electrons. The van der Waals surface area contributed by atoms with Crippen molar-refractivity contribution in [3.8, 4) is 40.4 Å². The van der Waals surface area contributed by atoms with Crippen LogP contribution in [0, 0.1) is 11.3 Å². The summed E-state index contributed by atoms with van der Waals surface area (Å²) in [4.78, 5) is 21.0. The molecule has 10 heteroatoms. The minimum absolute atomic E-state index is 0.104. The number of nitrogens with one attached hydrogen (secondary N) is 1. The molecule has 0 unspecified atom stereocenters. The van der Waals surface area contributed by atoms with Crippen molar-refractivity contribution in [1.82, 2.24) is 30.0 Å². The van der Waals surface area contributed by atoms with Gasteiger partial charge in [-0.1, -0.05) is 12.1 Å². The number of rotatable bonds is 6. The fourth-order valence-corrected chi connectivity index (χ4v) is 3.48. The molecule has 4 aromatic rings. The zero-order valence-electron chi connectivity index (χ0n) is 18.4. The maximum Gasteiger partial charge on any atom is 0.270 e. The highest BCUT2D eigenvalue weighted by Gasteiger charge is 2.20. The predicted octanol–water partition coefficient (Wildman–Crippen LogP) is 2.78. The largest absolute Gasteiger partial charge is 0.414 e. The number of aromatic nitrogens is 5. The number of nitrogens with two attached hydrogens (primary N) is 1. The highest BCUT2D eigenvalue weighted by atomic mass is 16.4. The van der Waals surface area contributed by atoms with Crippen molar-refractivity contribution in [1.29, 1.82) is 5.26 Å². The molecule has 0 aliphatic carbocycles. The fraction of sp³-hybridized carbons (Fsp3) is 0.217. The molecule has 0 aliphatic rings. The van der Waals surface area contributed by atoms with E-state index >= 15 is 0 Å². The fourth-order valence-electron chi connectivity index (χ4n) is 3.48. The van der Waals surface area contributed by atoms with E-state index in [1.807, 2.05) is 45.2 Å². The Hall–Kier alpha value is -4.36. The summed E-state index contributed by atoms with van der Waals surface area (Å²) in [5.74, 6) is 0.527. The molecule has 4 rings (SSSR count). The molecule has 0 aliphatic heterocycles. The standard InChI is InChI=1S/C23H22N8O2/c1-13(2)31-18(10-24)16(8-9-19(31)32)17-12-27-21(25)20(28-17)23-30-29-22(33-23)15-6-4-14(5-7-15)11-26-3/h4-9,12-13,26H,11H2,1-3H3,(H2,25,27). The van der Waals surface area contributed by atoms with Crippen LogP contribution in [0.1, 0.15) is 31.1 Å². The van der Waals surface area contributed by atoms with Crippen LogP contribution in [0.2, 0.25) is 0 Å². The Morgan fingerprint density at radius 1 is 1.15 bits per heavy atom. The molecule has 0 fully saturated rings. The minimum Gasteiger partial charge on any atom is -0.414 e. The van der Waals surface area contributed by atoms with E-state index in [1.165, 1.54) is 16.8 Å². The quantitative estimate of drug-likeness (QED) is 0.459. The van der Waals surface area contributed by atoms with Gasteiger partial charge in [0.15, 0.2) is 11.5 Å². The van der Waals surface area contributed by atoms with Crippen LogP contribution < -0.4 is 16.6 Å². The van der Waals surface area contributed by atoms with Crippen molar-refractivity contribution in [3.63, 3.8) is 0 Å². The lowest BCUT2D eigenvalue weighted by molar-refractivity contribution is 0.572. The van der Waals surface area contributed by atoms with Gasteiger partial charge in [0.1, 0.15) is 11.8 Å². The average molecular weight is 442 g/mol. The van der Waals surface area contributed by atoms with Gasteiger partial charge in [-0.05, 0) is 44.7 Å². The van der Waals surface area contributed by atoms with Gasteiger partial charge in [0.2, 0.25) is 5.89 Å². The number of anilines is 1. The molecule has 0 saturated carbocycles. The summed E-state index contributed by atoms with van der Waals surface area (Å²) < 4.78 is 7.24. The van der Waals surface area contributed by atoms with Gasteiger partial charge < -0.3 is 15.5 Å². The van der Waals surface area contributed by atoms with E-state index < -0.39 is 0 Å². The summed E-state index contributed by atoms with van der Waals surface area (Å²) in [6, 6.07) is 12.6. The zero-order chi connectivity index (χ0) is 23.5. The Morgan fingerprint density at radius 2 is 1.88 bits per heavy atom. The van der Waals surface area contributed by atoms with E-state index in [4.69, 9.17) is 10.2 Å². The lowest BCUT2D eigenvalue weighted by atomic mass is 10.1. The van der Waals surface area contributed by atoms with Crippen molar-refractivity contribution < 1.29 is 4.42 Å². The van der Waals surface area contributed by atoms with Crippen LogP contribution in [0.25, 0.3) is 34.3 Å². The molecule has 1 aromatic carbocycles. The summed E-state index contributed by atoms with van der Waals surface area (Å²) in [6.07, 6.45) is 1.45. The monoisotopic (exact) mass is 442 g/mol. The third kappa shape index (κ3) is 4.22. The average Bonchev–Trinajstić information content (AvgIpc) is 3.29. The van der Waals surface area contributed by atoms with E-state index in [0.29, 0.717) is 17.1 Å². The van der Waals surface area contributed by atoms with Crippen molar-refractivity contribution in [2.75, 3.05) is 12.8 Å². The molecule has 3 aromatic heterocycles.